The Morgan fingerprint density at radius 3 is 2.68 bits per heavy atom. The predicted molar refractivity (Wildman–Crippen MR) is 103 cm³/mol. The van der Waals surface area contributed by atoms with Crippen LogP contribution in [0.2, 0.25) is 0 Å². The van der Waals surface area contributed by atoms with Crippen molar-refractivity contribution in [3.63, 3.8) is 0 Å². The Morgan fingerprint density at radius 1 is 1.39 bits per heavy atom. The molecule has 0 unspecified atom stereocenters. The fourth-order valence-electron chi connectivity index (χ4n) is 2.02. The number of aromatic nitrogens is 2. The van der Waals surface area contributed by atoms with E-state index in [1.807, 2.05) is 0 Å². The number of halogens is 4. The molecular formula is C17H18F4N6O4. The monoisotopic (exact) mass is 446 g/mol. The van der Waals surface area contributed by atoms with Crippen LogP contribution >= 0.6 is 0 Å². The molecule has 0 radical (unpaired) electrons. The Hall–Kier alpha value is -3.81. The fraction of sp³-hybridized carbons (Fsp3) is 0.235. The molecule has 0 amide bonds. The molecule has 14 heteroatoms. The summed E-state index contributed by atoms with van der Waals surface area (Å²) in [6, 6.07) is 2.31. The maximum absolute atomic E-state index is 14.1. The highest BCUT2D eigenvalue weighted by molar-refractivity contribution is 6.29. The van der Waals surface area contributed by atoms with E-state index in [4.69, 9.17) is 10.5 Å². The molecule has 10 nitrogen and oxygen atoms in total. The van der Waals surface area contributed by atoms with E-state index in [-0.39, 0.29) is 30.3 Å². The minimum atomic E-state index is -4.97. The number of benzene rings is 1. The number of aliphatic hydroxyl groups is 1. The molecule has 0 bridgehead atoms. The van der Waals surface area contributed by atoms with E-state index in [1.54, 1.807) is 0 Å². The standard InChI is InChI=1S/C16H14F4N6O3.CH4O/c17-11-8-10(29-16(18,19)20)2-3-12(11)24-14-15(28)26(6-5-22-14)13(9-21)25-23-4-1-7-27;1-2/h2-3,5-9,21,23H,1,4H2,(H,22,24);2H,1H3/b21-9?,25-13+;. The number of nitrogens with zero attached hydrogens (tertiary/aromatic N) is 3. The van der Waals surface area contributed by atoms with Gasteiger partial charge in [-0.05, 0) is 12.1 Å². The zero-order valence-electron chi connectivity index (χ0n) is 16.0. The lowest BCUT2D eigenvalue weighted by Crippen LogP contribution is -2.31. The van der Waals surface area contributed by atoms with E-state index in [0.29, 0.717) is 12.4 Å². The van der Waals surface area contributed by atoms with Gasteiger partial charge in [-0.15, -0.1) is 13.2 Å². The number of hydrazone groups is 1. The van der Waals surface area contributed by atoms with Gasteiger partial charge in [0.1, 0.15) is 17.9 Å². The van der Waals surface area contributed by atoms with Crippen LogP contribution in [0.1, 0.15) is 6.42 Å². The Labute approximate surface area is 172 Å². The molecule has 0 aliphatic rings. The third-order valence-electron chi connectivity index (χ3n) is 3.21. The van der Waals surface area contributed by atoms with Crippen LogP contribution in [0, 0.1) is 11.2 Å². The molecule has 1 aromatic carbocycles. The number of hydrogen-bond acceptors (Lipinski definition) is 9. The van der Waals surface area contributed by atoms with Gasteiger partial charge in [0, 0.05) is 38.5 Å². The number of aldehydes is 1. The molecule has 1 heterocycles. The van der Waals surface area contributed by atoms with Gasteiger partial charge < -0.3 is 30.8 Å². The van der Waals surface area contributed by atoms with Crippen LogP contribution in [0.15, 0.2) is 40.5 Å². The van der Waals surface area contributed by atoms with Gasteiger partial charge in [-0.2, -0.15) is 5.10 Å². The van der Waals surface area contributed by atoms with Crippen LogP contribution in [0.25, 0.3) is 0 Å². The largest absolute Gasteiger partial charge is 0.573 e. The van der Waals surface area contributed by atoms with Crippen molar-refractivity contribution in [1.82, 2.24) is 15.0 Å². The molecule has 0 aliphatic carbocycles. The number of carbonyl (C=O) groups excluding carboxylic acids is 1. The minimum Gasteiger partial charge on any atom is -0.406 e. The molecule has 0 atom stereocenters. The summed E-state index contributed by atoms with van der Waals surface area (Å²) in [5, 5.41) is 20.5. The van der Waals surface area contributed by atoms with Gasteiger partial charge >= 0.3 is 6.36 Å². The highest BCUT2D eigenvalue weighted by atomic mass is 19.4. The maximum Gasteiger partial charge on any atom is 0.573 e. The van der Waals surface area contributed by atoms with Crippen molar-refractivity contribution >= 4 is 29.8 Å². The Morgan fingerprint density at radius 2 is 2.10 bits per heavy atom. The Bertz CT molecular complexity index is 978. The summed E-state index contributed by atoms with van der Waals surface area (Å²) in [7, 11) is 1.00. The molecule has 2 aromatic rings. The summed E-state index contributed by atoms with van der Waals surface area (Å²) in [6.07, 6.45) is -1.00. The average Bonchev–Trinajstić information content (AvgIpc) is 2.72. The van der Waals surface area contributed by atoms with Crippen molar-refractivity contribution in [2.24, 2.45) is 5.10 Å². The average molecular weight is 446 g/mol. The van der Waals surface area contributed by atoms with Crippen molar-refractivity contribution in [2.75, 3.05) is 19.0 Å². The van der Waals surface area contributed by atoms with Gasteiger partial charge in [0.15, 0.2) is 11.7 Å². The maximum atomic E-state index is 14.1. The number of alkyl halides is 3. The minimum absolute atomic E-state index is 0.138. The first kappa shape index (κ1) is 25.2. The van der Waals surface area contributed by atoms with E-state index in [9.17, 15) is 27.2 Å². The molecule has 0 spiro atoms. The molecule has 1 aromatic heterocycles. The summed E-state index contributed by atoms with van der Waals surface area (Å²) in [6.45, 7) is 0.184. The lowest BCUT2D eigenvalue weighted by molar-refractivity contribution is -0.274. The highest BCUT2D eigenvalue weighted by Crippen LogP contribution is 2.27. The van der Waals surface area contributed by atoms with Gasteiger partial charge in [0.2, 0.25) is 0 Å². The van der Waals surface area contributed by atoms with Gasteiger partial charge in [-0.3, -0.25) is 9.36 Å². The van der Waals surface area contributed by atoms with E-state index in [0.717, 1.165) is 30.0 Å². The third-order valence-corrected chi connectivity index (χ3v) is 3.21. The summed E-state index contributed by atoms with van der Waals surface area (Å²) in [5.41, 5.74) is 1.38. The summed E-state index contributed by atoms with van der Waals surface area (Å²) >= 11 is 0. The van der Waals surface area contributed by atoms with Crippen LogP contribution in [0.5, 0.6) is 5.75 Å². The number of aliphatic hydroxyl groups excluding tert-OH is 1. The smallest absolute Gasteiger partial charge is 0.406 e. The van der Waals surface area contributed by atoms with E-state index in [2.05, 4.69) is 25.6 Å². The quantitative estimate of drug-likeness (QED) is 0.121. The first-order valence-electron chi connectivity index (χ1n) is 8.35. The van der Waals surface area contributed by atoms with Crippen molar-refractivity contribution in [1.29, 1.82) is 5.41 Å². The normalized spacial score (nSPS) is 11.1. The molecule has 0 fully saturated rings. The van der Waals surface area contributed by atoms with Crippen molar-refractivity contribution < 1.29 is 32.2 Å². The van der Waals surface area contributed by atoms with Crippen LogP contribution in [-0.2, 0) is 4.79 Å². The number of nitrogens with one attached hydrogen (secondary N) is 3. The molecule has 0 aliphatic heterocycles. The number of ether oxygens (including phenoxy) is 1. The highest BCUT2D eigenvalue weighted by Gasteiger charge is 2.31. The zero-order valence-corrected chi connectivity index (χ0v) is 16.0. The summed E-state index contributed by atoms with van der Waals surface area (Å²) in [4.78, 5) is 26.5. The van der Waals surface area contributed by atoms with E-state index in [1.165, 1.54) is 12.4 Å². The lowest BCUT2D eigenvalue weighted by atomic mass is 10.3. The van der Waals surface area contributed by atoms with Crippen molar-refractivity contribution in [2.45, 2.75) is 12.8 Å². The first-order valence-corrected chi connectivity index (χ1v) is 8.35. The number of hydrogen-bond donors (Lipinski definition) is 4. The van der Waals surface area contributed by atoms with Crippen LogP contribution < -0.4 is 21.0 Å². The molecule has 0 saturated carbocycles. The Balaban J connectivity index is 0.00000233. The number of carbonyl (C=O) groups is 1. The van der Waals surface area contributed by atoms with Crippen LogP contribution in [-0.4, -0.2) is 53.0 Å². The predicted octanol–water partition coefficient (Wildman–Crippen LogP) is 1.62. The number of rotatable bonds is 8. The number of anilines is 2. The molecule has 2 rings (SSSR count). The molecule has 31 heavy (non-hydrogen) atoms. The third kappa shape index (κ3) is 7.85. The molecule has 0 saturated heterocycles. The van der Waals surface area contributed by atoms with Gasteiger partial charge in [-0.25, -0.2) is 9.37 Å². The van der Waals surface area contributed by atoms with Gasteiger partial charge in [-0.1, -0.05) is 0 Å². The van der Waals surface area contributed by atoms with E-state index < -0.39 is 23.5 Å². The second-order valence-corrected chi connectivity index (χ2v) is 5.24. The lowest BCUT2D eigenvalue weighted by Gasteiger charge is -2.12. The van der Waals surface area contributed by atoms with Crippen LogP contribution in [0.3, 0.4) is 0 Å². The fourth-order valence-corrected chi connectivity index (χ4v) is 2.02. The van der Waals surface area contributed by atoms with Crippen LogP contribution in [0.4, 0.5) is 29.1 Å². The molecule has 168 valence electrons. The topological polar surface area (TPSA) is 142 Å². The zero-order chi connectivity index (χ0) is 23.4. The van der Waals surface area contributed by atoms with E-state index >= 15 is 0 Å². The van der Waals surface area contributed by atoms with Crippen molar-refractivity contribution in [3.05, 3.63) is 46.8 Å². The second kappa shape index (κ2) is 12.0. The summed E-state index contributed by atoms with van der Waals surface area (Å²) < 4.78 is 55.2. The van der Waals surface area contributed by atoms with Crippen molar-refractivity contribution in [3.8, 4) is 5.75 Å². The SMILES string of the molecule is CO.N=C/C(=N\NCCC=O)n1ccnc(Nc2ccc(OC(F)(F)F)cc2F)c1=O. The van der Waals surface area contributed by atoms with Gasteiger partial charge in [0.25, 0.3) is 5.56 Å². The molecule has 4 N–H and O–H groups in total. The first-order chi connectivity index (χ1) is 14.7. The second-order valence-electron chi connectivity index (χ2n) is 5.24. The Kier molecular flexibility index (Phi) is 9.78. The van der Waals surface area contributed by atoms with Gasteiger partial charge in [0.05, 0.1) is 11.9 Å². The molecular weight excluding hydrogens is 428 g/mol. The summed E-state index contributed by atoms with van der Waals surface area (Å²) in [5.74, 6) is -2.38.